The van der Waals surface area contributed by atoms with Crippen LogP contribution in [0, 0.1) is 5.92 Å². The number of aliphatic hydroxyl groups is 2. The van der Waals surface area contributed by atoms with Crippen LogP contribution in [-0.4, -0.2) is 77.9 Å². The predicted molar refractivity (Wildman–Crippen MR) is 74.1 cm³/mol. The van der Waals surface area contributed by atoms with E-state index in [4.69, 9.17) is 0 Å². The van der Waals surface area contributed by atoms with Gasteiger partial charge in [-0.25, -0.2) is 4.79 Å². The molecular formula is C13H25N3O4. The lowest BCUT2D eigenvalue weighted by atomic mass is 9.95. The van der Waals surface area contributed by atoms with Crippen molar-refractivity contribution in [3.63, 3.8) is 0 Å². The lowest BCUT2D eigenvalue weighted by molar-refractivity contribution is -0.129. The van der Waals surface area contributed by atoms with Crippen molar-refractivity contribution in [2.24, 2.45) is 5.92 Å². The topological polar surface area (TPSA) is 93.1 Å². The Hall–Kier alpha value is -1.34. The molecule has 1 aliphatic heterocycles. The maximum absolute atomic E-state index is 12.2. The molecule has 7 heteroatoms. The highest BCUT2D eigenvalue weighted by Crippen LogP contribution is 2.18. The average molecular weight is 287 g/mol. The van der Waals surface area contributed by atoms with Gasteiger partial charge in [0.1, 0.15) is 0 Å². The molecule has 0 saturated carbocycles. The summed E-state index contributed by atoms with van der Waals surface area (Å²) >= 11 is 0. The summed E-state index contributed by atoms with van der Waals surface area (Å²) in [5, 5.41) is 21.1. The third-order valence-electron chi connectivity index (χ3n) is 3.57. The summed E-state index contributed by atoms with van der Waals surface area (Å²) < 4.78 is 0. The minimum absolute atomic E-state index is 0.102. The fraction of sp³-hybridized carbons (Fsp3) is 0.846. The van der Waals surface area contributed by atoms with Crippen LogP contribution in [0.2, 0.25) is 0 Å². The summed E-state index contributed by atoms with van der Waals surface area (Å²) in [6.45, 7) is 1.94. The number of aliphatic hydroxyl groups excluding tert-OH is 2. The van der Waals surface area contributed by atoms with Crippen molar-refractivity contribution in [2.75, 3.05) is 40.4 Å². The Bertz CT molecular complexity index is 356. The zero-order valence-electron chi connectivity index (χ0n) is 12.4. The molecule has 116 valence electrons. The first-order valence-electron chi connectivity index (χ1n) is 6.83. The van der Waals surface area contributed by atoms with Crippen molar-refractivity contribution in [1.82, 2.24) is 15.1 Å². The van der Waals surface area contributed by atoms with Gasteiger partial charge in [0, 0.05) is 27.2 Å². The molecule has 0 aromatic carbocycles. The number of piperidine rings is 1. The van der Waals surface area contributed by atoms with Crippen LogP contribution in [0.15, 0.2) is 0 Å². The normalized spacial score (nSPS) is 19.6. The van der Waals surface area contributed by atoms with Gasteiger partial charge in [0.2, 0.25) is 5.91 Å². The Labute approximate surface area is 119 Å². The molecule has 0 aromatic rings. The standard InChI is InChI=1S/C13H25N3O4/c1-13(8-17,9-18)14-11(19)10-5-4-6-16(7-10)12(20)15(2)3/h10,17-18H,4-9H2,1-3H3,(H,14,19). The van der Waals surface area contributed by atoms with E-state index in [1.165, 1.54) is 4.90 Å². The van der Waals surface area contributed by atoms with E-state index in [1.54, 1.807) is 25.9 Å². The molecule has 3 amide bonds. The van der Waals surface area contributed by atoms with Crippen molar-refractivity contribution < 1.29 is 19.8 Å². The first-order chi connectivity index (χ1) is 9.33. The molecule has 3 N–H and O–H groups in total. The minimum Gasteiger partial charge on any atom is -0.394 e. The fourth-order valence-electron chi connectivity index (χ4n) is 2.18. The molecule has 1 rings (SSSR count). The Morgan fingerprint density at radius 2 is 1.95 bits per heavy atom. The lowest BCUT2D eigenvalue weighted by Crippen LogP contribution is -2.56. The van der Waals surface area contributed by atoms with E-state index in [2.05, 4.69) is 5.32 Å². The van der Waals surface area contributed by atoms with Crippen molar-refractivity contribution >= 4 is 11.9 Å². The van der Waals surface area contributed by atoms with Crippen molar-refractivity contribution in [2.45, 2.75) is 25.3 Å². The SMILES string of the molecule is CN(C)C(=O)N1CCCC(C(=O)NC(C)(CO)CO)C1. The van der Waals surface area contributed by atoms with E-state index in [0.717, 1.165) is 6.42 Å². The van der Waals surface area contributed by atoms with Gasteiger partial charge < -0.3 is 25.3 Å². The highest BCUT2D eigenvalue weighted by molar-refractivity contribution is 5.81. The minimum atomic E-state index is -1.02. The van der Waals surface area contributed by atoms with Crippen LogP contribution in [0.3, 0.4) is 0 Å². The second kappa shape index (κ2) is 6.90. The van der Waals surface area contributed by atoms with Gasteiger partial charge in [-0.05, 0) is 19.8 Å². The van der Waals surface area contributed by atoms with E-state index in [0.29, 0.717) is 19.5 Å². The Morgan fingerprint density at radius 3 is 2.45 bits per heavy atom. The molecular weight excluding hydrogens is 262 g/mol. The number of hydrogen-bond donors (Lipinski definition) is 3. The second-order valence-electron chi connectivity index (χ2n) is 5.83. The molecule has 0 spiro atoms. The predicted octanol–water partition coefficient (Wildman–Crippen LogP) is -0.760. The average Bonchev–Trinajstić information content (AvgIpc) is 2.46. The number of nitrogens with one attached hydrogen (secondary N) is 1. The summed E-state index contributed by atoms with van der Waals surface area (Å²) in [6, 6.07) is -0.102. The van der Waals surface area contributed by atoms with Crippen LogP contribution in [0.4, 0.5) is 4.79 Å². The van der Waals surface area contributed by atoms with Gasteiger partial charge in [-0.1, -0.05) is 0 Å². The summed E-state index contributed by atoms with van der Waals surface area (Å²) in [5.41, 5.74) is -1.02. The van der Waals surface area contributed by atoms with Gasteiger partial charge in [-0.3, -0.25) is 4.79 Å². The largest absolute Gasteiger partial charge is 0.394 e. The summed E-state index contributed by atoms with van der Waals surface area (Å²) in [4.78, 5) is 27.2. The number of urea groups is 1. The number of likely N-dealkylation sites (tertiary alicyclic amines) is 1. The van der Waals surface area contributed by atoms with Crippen LogP contribution in [0.5, 0.6) is 0 Å². The van der Waals surface area contributed by atoms with E-state index in [1.807, 2.05) is 0 Å². The molecule has 0 aromatic heterocycles. The molecule has 1 unspecified atom stereocenters. The maximum atomic E-state index is 12.2. The number of hydrogen-bond acceptors (Lipinski definition) is 4. The molecule has 7 nitrogen and oxygen atoms in total. The molecule has 1 aliphatic rings. The molecule has 0 aliphatic carbocycles. The van der Waals surface area contributed by atoms with Crippen LogP contribution in [0.1, 0.15) is 19.8 Å². The highest BCUT2D eigenvalue weighted by atomic mass is 16.3. The first-order valence-corrected chi connectivity index (χ1v) is 6.83. The fourth-order valence-corrected chi connectivity index (χ4v) is 2.18. The van der Waals surface area contributed by atoms with Crippen LogP contribution in [-0.2, 0) is 4.79 Å². The van der Waals surface area contributed by atoms with Gasteiger partial charge in [-0.2, -0.15) is 0 Å². The van der Waals surface area contributed by atoms with E-state index in [9.17, 15) is 19.8 Å². The number of rotatable bonds is 4. The number of carbonyl (C=O) groups is 2. The van der Waals surface area contributed by atoms with Crippen molar-refractivity contribution in [1.29, 1.82) is 0 Å². The Morgan fingerprint density at radius 1 is 1.35 bits per heavy atom. The van der Waals surface area contributed by atoms with Crippen molar-refractivity contribution in [3.8, 4) is 0 Å². The maximum Gasteiger partial charge on any atom is 0.319 e. The van der Waals surface area contributed by atoms with Gasteiger partial charge in [0.15, 0.2) is 0 Å². The Balaban J connectivity index is 2.63. The quantitative estimate of drug-likeness (QED) is 0.633. The third kappa shape index (κ3) is 4.08. The first kappa shape index (κ1) is 16.7. The zero-order chi connectivity index (χ0) is 15.3. The van der Waals surface area contributed by atoms with Gasteiger partial charge in [0.05, 0.1) is 24.7 Å². The van der Waals surface area contributed by atoms with E-state index >= 15 is 0 Å². The molecule has 1 fully saturated rings. The molecule has 1 heterocycles. The van der Waals surface area contributed by atoms with E-state index in [-0.39, 0.29) is 31.1 Å². The van der Waals surface area contributed by atoms with Crippen LogP contribution < -0.4 is 5.32 Å². The lowest BCUT2D eigenvalue weighted by Gasteiger charge is -2.35. The zero-order valence-corrected chi connectivity index (χ0v) is 12.4. The summed E-state index contributed by atoms with van der Waals surface area (Å²) in [6.07, 6.45) is 1.47. The van der Waals surface area contributed by atoms with Crippen LogP contribution >= 0.6 is 0 Å². The highest BCUT2D eigenvalue weighted by Gasteiger charge is 2.33. The Kier molecular flexibility index (Phi) is 5.76. The summed E-state index contributed by atoms with van der Waals surface area (Å²) in [5.74, 6) is -0.531. The smallest absolute Gasteiger partial charge is 0.319 e. The van der Waals surface area contributed by atoms with Gasteiger partial charge >= 0.3 is 6.03 Å². The number of nitrogens with zero attached hydrogens (tertiary/aromatic N) is 2. The molecule has 1 saturated heterocycles. The molecule has 0 radical (unpaired) electrons. The van der Waals surface area contributed by atoms with Crippen molar-refractivity contribution in [3.05, 3.63) is 0 Å². The molecule has 20 heavy (non-hydrogen) atoms. The second-order valence-corrected chi connectivity index (χ2v) is 5.83. The van der Waals surface area contributed by atoms with Gasteiger partial charge in [-0.15, -0.1) is 0 Å². The number of carbonyl (C=O) groups excluding carboxylic acids is 2. The molecule has 1 atom stereocenters. The molecule has 0 bridgehead atoms. The monoisotopic (exact) mass is 287 g/mol. The summed E-state index contributed by atoms with van der Waals surface area (Å²) in [7, 11) is 3.36. The third-order valence-corrected chi connectivity index (χ3v) is 3.57. The number of amides is 3. The van der Waals surface area contributed by atoms with E-state index < -0.39 is 5.54 Å². The van der Waals surface area contributed by atoms with Gasteiger partial charge in [0.25, 0.3) is 0 Å². The van der Waals surface area contributed by atoms with Crippen LogP contribution in [0.25, 0.3) is 0 Å².